The van der Waals surface area contributed by atoms with Gasteiger partial charge in [-0.25, -0.2) is 0 Å². The van der Waals surface area contributed by atoms with Gasteiger partial charge >= 0.3 is 0 Å². The minimum absolute atomic E-state index is 0.0466. The van der Waals surface area contributed by atoms with E-state index in [2.05, 4.69) is 5.32 Å². The van der Waals surface area contributed by atoms with Gasteiger partial charge < -0.3 is 10.1 Å². The average Bonchev–Trinajstić information content (AvgIpc) is 2.20. The molecule has 0 atom stereocenters. The molecule has 0 aromatic carbocycles. The summed E-state index contributed by atoms with van der Waals surface area (Å²) in [5.41, 5.74) is 0. The molecule has 1 aliphatic carbocycles. The Hall–Kier alpha value is -0.570. The monoisotopic (exact) mass is 199 g/mol. The van der Waals surface area contributed by atoms with Crippen molar-refractivity contribution in [2.24, 2.45) is 0 Å². The zero-order valence-electron chi connectivity index (χ0n) is 9.05. The third kappa shape index (κ3) is 4.61. The lowest BCUT2D eigenvalue weighted by Crippen LogP contribution is -2.38. The second kappa shape index (κ2) is 6.82. The molecule has 14 heavy (non-hydrogen) atoms. The SMILES string of the molecule is CCCOCC(=O)NC1CCCCC1. The van der Waals surface area contributed by atoms with Gasteiger partial charge in [0.15, 0.2) is 0 Å². The van der Waals surface area contributed by atoms with Crippen LogP contribution in [0.5, 0.6) is 0 Å². The van der Waals surface area contributed by atoms with Crippen molar-refractivity contribution in [1.29, 1.82) is 0 Å². The molecule has 1 fully saturated rings. The van der Waals surface area contributed by atoms with E-state index in [0.29, 0.717) is 12.6 Å². The first-order valence-electron chi connectivity index (χ1n) is 5.70. The molecule has 0 radical (unpaired) electrons. The van der Waals surface area contributed by atoms with Crippen molar-refractivity contribution >= 4 is 5.91 Å². The maximum absolute atomic E-state index is 11.3. The quantitative estimate of drug-likeness (QED) is 0.686. The fraction of sp³-hybridized carbons (Fsp3) is 0.909. The number of carbonyl (C=O) groups is 1. The minimum atomic E-state index is 0.0466. The number of hydrogen-bond donors (Lipinski definition) is 1. The Kier molecular flexibility index (Phi) is 5.60. The van der Waals surface area contributed by atoms with Gasteiger partial charge in [0.25, 0.3) is 0 Å². The summed E-state index contributed by atoms with van der Waals surface area (Å²) < 4.78 is 5.17. The topological polar surface area (TPSA) is 38.3 Å². The molecule has 1 aliphatic rings. The third-order valence-electron chi connectivity index (χ3n) is 2.55. The van der Waals surface area contributed by atoms with Crippen LogP contribution >= 0.6 is 0 Å². The average molecular weight is 199 g/mol. The van der Waals surface area contributed by atoms with E-state index < -0.39 is 0 Å². The molecule has 1 rings (SSSR count). The van der Waals surface area contributed by atoms with Gasteiger partial charge in [-0.1, -0.05) is 26.2 Å². The van der Waals surface area contributed by atoms with Crippen LogP contribution in [-0.2, 0) is 9.53 Å². The molecule has 0 aromatic rings. The van der Waals surface area contributed by atoms with E-state index in [4.69, 9.17) is 4.74 Å². The maximum Gasteiger partial charge on any atom is 0.246 e. The summed E-state index contributed by atoms with van der Waals surface area (Å²) in [6, 6.07) is 0.404. The zero-order valence-corrected chi connectivity index (χ0v) is 9.05. The van der Waals surface area contributed by atoms with Gasteiger partial charge in [-0.2, -0.15) is 0 Å². The summed E-state index contributed by atoms with van der Waals surface area (Å²) >= 11 is 0. The molecule has 0 saturated heterocycles. The molecular formula is C11H21NO2. The standard InChI is InChI=1S/C11H21NO2/c1-2-8-14-9-11(13)12-10-6-4-3-5-7-10/h10H,2-9H2,1H3,(H,12,13). The Morgan fingerprint density at radius 3 is 2.71 bits per heavy atom. The van der Waals surface area contributed by atoms with Crippen LogP contribution in [0.1, 0.15) is 45.4 Å². The van der Waals surface area contributed by atoms with Crippen molar-refractivity contribution < 1.29 is 9.53 Å². The van der Waals surface area contributed by atoms with Crippen LogP contribution in [0, 0.1) is 0 Å². The summed E-state index contributed by atoms with van der Waals surface area (Å²) in [7, 11) is 0. The lowest BCUT2D eigenvalue weighted by atomic mass is 9.95. The van der Waals surface area contributed by atoms with Gasteiger partial charge in [-0.05, 0) is 19.3 Å². The Morgan fingerprint density at radius 1 is 1.36 bits per heavy atom. The largest absolute Gasteiger partial charge is 0.372 e. The molecule has 0 unspecified atom stereocenters. The molecular weight excluding hydrogens is 178 g/mol. The summed E-state index contributed by atoms with van der Waals surface area (Å²) in [5.74, 6) is 0.0466. The molecule has 1 N–H and O–H groups in total. The maximum atomic E-state index is 11.3. The fourth-order valence-corrected chi connectivity index (χ4v) is 1.83. The number of rotatable bonds is 5. The van der Waals surface area contributed by atoms with Crippen LogP contribution in [0.25, 0.3) is 0 Å². The first kappa shape index (κ1) is 11.5. The molecule has 0 aliphatic heterocycles. The Bertz CT molecular complexity index is 165. The summed E-state index contributed by atoms with van der Waals surface area (Å²) in [4.78, 5) is 11.3. The minimum Gasteiger partial charge on any atom is -0.372 e. The molecule has 0 heterocycles. The van der Waals surface area contributed by atoms with Crippen LogP contribution in [0.15, 0.2) is 0 Å². The third-order valence-corrected chi connectivity index (χ3v) is 2.55. The molecule has 0 spiro atoms. The summed E-state index contributed by atoms with van der Waals surface area (Å²) in [5, 5.41) is 3.01. The smallest absolute Gasteiger partial charge is 0.246 e. The van der Waals surface area contributed by atoms with Crippen molar-refractivity contribution in [2.75, 3.05) is 13.2 Å². The van der Waals surface area contributed by atoms with E-state index in [1.165, 1.54) is 19.3 Å². The first-order valence-corrected chi connectivity index (χ1v) is 5.70. The highest BCUT2D eigenvalue weighted by atomic mass is 16.5. The molecule has 0 bridgehead atoms. The van der Waals surface area contributed by atoms with E-state index in [-0.39, 0.29) is 12.5 Å². The van der Waals surface area contributed by atoms with Crippen LogP contribution in [0.2, 0.25) is 0 Å². The van der Waals surface area contributed by atoms with Gasteiger partial charge in [0.05, 0.1) is 0 Å². The number of amides is 1. The van der Waals surface area contributed by atoms with E-state index in [0.717, 1.165) is 19.3 Å². The highest BCUT2D eigenvalue weighted by molar-refractivity contribution is 5.77. The Balaban J connectivity index is 2.06. The van der Waals surface area contributed by atoms with Crippen molar-refractivity contribution in [3.8, 4) is 0 Å². The molecule has 1 amide bonds. The van der Waals surface area contributed by atoms with Crippen LogP contribution in [-0.4, -0.2) is 25.2 Å². The lowest BCUT2D eigenvalue weighted by Gasteiger charge is -2.22. The zero-order chi connectivity index (χ0) is 10.2. The number of nitrogens with one attached hydrogen (secondary N) is 1. The highest BCUT2D eigenvalue weighted by Crippen LogP contribution is 2.17. The molecule has 3 nitrogen and oxygen atoms in total. The second-order valence-electron chi connectivity index (χ2n) is 3.96. The molecule has 1 saturated carbocycles. The Morgan fingerprint density at radius 2 is 2.07 bits per heavy atom. The van der Waals surface area contributed by atoms with Gasteiger partial charge in [0.1, 0.15) is 6.61 Å². The van der Waals surface area contributed by atoms with Gasteiger partial charge in [0.2, 0.25) is 5.91 Å². The van der Waals surface area contributed by atoms with E-state index in [9.17, 15) is 4.79 Å². The van der Waals surface area contributed by atoms with E-state index in [1.54, 1.807) is 0 Å². The lowest BCUT2D eigenvalue weighted by molar-refractivity contribution is -0.126. The summed E-state index contributed by atoms with van der Waals surface area (Å²) in [6.07, 6.45) is 7.07. The van der Waals surface area contributed by atoms with Gasteiger partial charge in [-0.3, -0.25) is 4.79 Å². The number of ether oxygens (including phenoxy) is 1. The van der Waals surface area contributed by atoms with Crippen molar-refractivity contribution in [2.45, 2.75) is 51.5 Å². The second-order valence-corrected chi connectivity index (χ2v) is 3.96. The van der Waals surface area contributed by atoms with Crippen molar-refractivity contribution in [3.63, 3.8) is 0 Å². The van der Waals surface area contributed by atoms with Crippen LogP contribution in [0.4, 0.5) is 0 Å². The van der Waals surface area contributed by atoms with E-state index >= 15 is 0 Å². The van der Waals surface area contributed by atoms with Crippen molar-refractivity contribution in [3.05, 3.63) is 0 Å². The van der Waals surface area contributed by atoms with Gasteiger partial charge in [-0.15, -0.1) is 0 Å². The molecule has 82 valence electrons. The summed E-state index contributed by atoms with van der Waals surface area (Å²) in [6.45, 7) is 2.95. The van der Waals surface area contributed by atoms with Gasteiger partial charge in [0, 0.05) is 12.6 Å². The predicted molar refractivity (Wildman–Crippen MR) is 56.1 cm³/mol. The highest BCUT2D eigenvalue weighted by Gasteiger charge is 2.15. The van der Waals surface area contributed by atoms with E-state index in [1.807, 2.05) is 6.92 Å². The van der Waals surface area contributed by atoms with Crippen LogP contribution < -0.4 is 5.32 Å². The fourth-order valence-electron chi connectivity index (χ4n) is 1.83. The Labute approximate surface area is 86.2 Å². The number of carbonyl (C=O) groups excluding carboxylic acids is 1. The number of hydrogen-bond acceptors (Lipinski definition) is 2. The van der Waals surface area contributed by atoms with Crippen molar-refractivity contribution in [1.82, 2.24) is 5.32 Å². The predicted octanol–water partition coefficient (Wildman–Crippen LogP) is 1.86. The normalized spacial score (nSPS) is 18.1. The molecule has 3 heteroatoms. The van der Waals surface area contributed by atoms with Crippen LogP contribution in [0.3, 0.4) is 0 Å². The first-order chi connectivity index (χ1) is 6.83. The molecule has 0 aromatic heterocycles.